The summed E-state index contributed by atoms with van der Waals surface area (Å²) in [5.74, 6) is 2.45. The molecule has 0 spiro atoms. The van der Waals surface area contributed by atoms with Gasteiger partial charge in [0.2, 0.25) is 0 Å². The lowest BCUT2D eigenvalue weighted by Crippen LogP contribution is -2.44. The summed E-state index contributed by atoms with van der Waals surface area (Å²) in [7, 11) is 3.61. The van der Waals surface area contributed by atoms with Gasteiger partial charge in [0, 0.05) is 38.1 Å². The third-order valence-corrected chi connectivity index (χ3v) is 7.38. The van der Waals surface area contributed by atoms with Crippen molar-refractivity contribution in [2.24, 2.45) is 10.9 Å². The van der Waals surface area contributed by atoms with Crippen LogP contribution < -0.4 is 20.3 Å². The Morgan fingerprint density at radius 2 is 2.00 bits per heavy atom. The lowest BCUT2D eigenvalue weighted by molar-refractivity contribution is 0.249. The van der Waals surface area contributed by atoms with Gasteiger partial charge in [-0.1, -0.05) is 18.2 Å². The van der Waals surface area contributed by atoms with E-state index >= 15 is 0 Å². The van der Waals surface area contributed by atoms with Crippen molar-refractivity contribution in [2.75, 3.05) is 58.3 Å². The Bertz CT molecular complexity index is 834. The van der Waals surface area contributed by atoms with Gasteiger partial charge >= 0.3 is 0 Å². The van der Waals surface area contributed by atoms with Crippen LogP contribution in [0.1, 0.15) is 30.2 Å². The van der Waals surface area contributed by atoms with E-state index in [0.29, 0.717) is 12.0 Å². The molecule has 2 fully saturated rings. The van der Waals surface area contributed by atoms with E-state index in [1.807, 2.05) is 30.5 Å². The SMILES string of the molecule is CN=C(NCC1CCN(c2ccccc2OC)C1)NCC(c1cccs1)N1CCCC1. The average molecular weight is 442 g/mol. The summed E-state index contributed by atoms with van der Waals surface area (Å²) in [6, 6.07) is 13.1. The summed E-state index contributed by atoms with van der Waals surface area (Å²) < 4.78 is 5.55. The Labute approximate surface area is 190 Å². The number of anilines is 1. The largest absolute Gasteiger partial charge is 0.495 e. The van der Waals surface area contributed by atoms with Crippen LogP contribution in [0.3, 0.4) is 0 Å². The van der Waals surface area contributed by atoms with Crippen molar-refractivity contribution in [3.8, 4) is 5.75 Å². The van der Waals surface area contributed by atoms with E-state index in [1.54, 1.807) is 7.11 Å². The third kappa shape index (κ3) is 5.52. The molecule has 1 aromatic heterocycles. The van der Waals surface area contributed by atoms with Gasteiger partial charge in [0.1, 0.15) is 5.75 Å². The molecule has 2 N–H and O–H groups in total. The number of hydrogen-bond donors (Lipinski definition) is 2. The van der Waals surface area contributed by atoms with Gasteiger partial charge in [-0.3, -0.25) is 9.89 Å². The molecule has 0 saturated carbocycles. The number of benzene rings is 1. The summed E-state index contributed by atoms with van der Waals surface area (Å²) in [6.45, 7) is 6.30. The molecule has 0 amide bonds. The van der Waals surface area contributed by atoms with Gasteiger partial charge in [-0.05, 0) is 61.8 Å². The normalized spacial score (nSPS) is 20.8. The number of nitrogens with zero attached hydrogens (tertiary/aromatic N) is 3. The van der Waals surface area contributed by atoms with Crippen LogP contribution in [-0.2, 0) is 0 Å². The fourth-order valence-electron chi connectivity index (χ4n) is 4.71. The van der Waals surface area contributed by atoms with Crippen LogP contribution in [0.25, 0.3) is 0 Å². The number of thiophene rings is 1. The molecule has 2 aliphatic heterocycles. The first kappa shape index (κ1) is 22.0. The van der Waals surface area contributed by atoms with Gasteiger partial charge in [-0.2, -0.15) is 0 Å². The molecule has 2 aliphatic rings. The van der Waals surface area contributed by atoms with Gasteiger partial charge < -0.3 is 20.3 Å². The molecule has 168 valence electrons. The standard InChI is InChI=1S/C24H35N5OS/c1-25-24(27-17-21(23-10-7-15-31-23)28-12-5-6-13-28)26-16-19-11-14-29(18-19)20-8-3-4-9-22(20)30-2/h3-4,7-10,15,19,21H,5-6,11-14,16-18H2,1-2H3,(H2,25,26,27). The first-order valence-corrected chi connectivity index (χ1v) is 12.3. The van der Waals surface area contributed by atoms with Gasteiger partial charge in [0.25, 0.3) is 0 Å². The van der Waals surface area contributed by atoms with Gasteiger partial charge in [0.15, 0.2) is 5.96 Å². The van der Waals surface area contributed by atoms with Gasteiger partial charge in [0.05, 0.1) is 18.8 Å². The summed E-state index contributed by atoms with van der Waals surface area (Å²) >= 11 is 1.85. The second-order valence-electron chi connectivity index (χ2n) is 8.38. The van der Waals surface area contributed by atoms with E-state index in [1.165, 1.54) is 42.9 Å². The Kier molecular flexibility index (Phi) is 7.70. The highest BCUT2D eigenvalue weighted by molar-refractivity contribution is 7.10. The summed E-state index contributed by atoms with van der Waals surface area (Å²) in [6.07, 6.45) is 3.78. The second kappa shape index (κ2) is 10.9. The Hall–Kier alpha value is -2.25. The van der Waals surface area contributed by atoms with Crippen LogP contribution in [0.5, 0.6) is 5.75 Å². The smallest absolute Gasteiger partial charge is 0.191 e. The van der Waals surface area contributed by atoms with Crippen LogP contribution in [0.4, 0.5) is 5.69 Å². The van der Waals surface area contributed by atoms with Crippen molar-refractivity contribution < 1.29 is 4.74 Å². The minimum absolute atomic E-state index is 0.425. The van der Waals surface area contributed by atoms with Crippen LogP contribution in [0.2, 0.25) is 0 Å². The van der Waals surface area contributed by atoms with Crippen molar-refractivity contribution in [1.82, 2.24) is 15.5 Å². The van der Waals surface area contributed by atoms with Crippen molar-refractivity contribution in [3.05, 3.63) is 46.7 Å². The van der Waals surface area contributed by atoms with E-state index in [-0.39, 0.29) is 0 Å². The predicted octanol–water partition coefficient (Wildman–Crippen LogP) is 3.59. The molecule has 2 saturated heterocycles. The molecule has 3 heterocycles. The minimum atomic E-state index is 0.425. The van der Waals surface area contributed by atoms with Crippen LogP contribution in [0.15, 0.2) is 46.8 Å². The summed E-state index contributed by atoms with van der Waals surface area (Å²) in [5, 5.41) is 9.34. The quantitative estimate of drug-likeness (QED) is 0.484. The summed E-state index contributed by atoms with van der Waals surface area (Å²) in [5.41, 5.74) is 1.19. The Balaban J connectivity index is 1.28. The molecular formula is C24H35N5OS. The zero-order chi connectivity index (χ0) is 21.5. The van der Waals surface area contributed by atoms with E-state index in [9.17, 15) is 0 Å². The fraction of sp³-hybridized carbons (Fsp3) is 0.542. The highest BCUT2D eigenvalue weighted by atomic mass is 32.1. The van der Waals surface area contributed by atoms with Crippen molar-refractivity contribution in [3.63, 3.8) is 0 Å². The van der Waals surface area contributed by atoms with Crippen LogP contribution >= 0.6 is 11.3 Å². The molecule has 0 radical (unpaired) electrons. The molecule has 0 aliphatic carbocycles. The second-order valence-corrected chi connectivity index (χ2v) is 9.36. The number of nitrogens with one attached hydrogen (secondary N) is 2. The van der Waals surface area contributed by atoms with E-state index in [2.05, 4.69) is 55.1 Å². The number of hydrogen-bond acceptors (Lipinski definition) is 5. The first-order valence-electron chi connectivity index (χ1n) is 11.4. The molecule has 7 heteroatoms. The van der Waals surface area contributed by atoms with Crippen molar-refractivity contribution in [2.45, 2.75) is 25.3 Å². The van der Waals surface area contributed by atoms with Crippen molar-refractivity contribution in [1.29, 1.82) is 0 Å². The number of guanidine groups is 1. The molecule has 2 atom stereocenters. The molecular weight excluding hydrogens is 406 g/mol. The number of likely N-dealkylation sites (tertiary alicyclic amines) is 1. The predicted molar refractivity (Wildman–Crippen MR) is 131 cm³/mol. The van der Waals surface area contributed by atoms with E-state index in [0.717, 1.165) is 37.9 Å². The monoisotopic (exact) mass is 441 g/mol. The molecule has 1 aromatic carbocycles. The lowest BCUT2D eigenvalue weighted by Gasteiger charge is -2.28. The summed E-state index contributed by atoms with van der Waals surface area (Å²) in [4.78, 5) is 11.0. The molecule has 31 heavy (non-hydrogen) atoms. The highest BCUT2D eigenvalue weighted by Crippen LogP contribution is 2.32. The zero-order valence-electron chi connectivity index (χ0n) is 18.7. The topological polar surface area (TPSA) is 52.1 Å². The number of rotatable bonds is 8. The number of ether oxygens (including phenoxy) is 1. The van der Waals surface area contributed by atoms with E-state index in [4.69, 9.17) is 4.74 Å². The maximum Gasteiger partial charge on any atom is 0.191 e. The fourth-order valence-corrected chi connectivity index (χ4v) is 5.57. The number of methoxy groups -OCH3 is 1. The number of aliphatic imine (C=N–C) groups is 1. The molecule has 4 rings (SSSR count). The Morgan fingerprint density at radius 3 is 2.74 bits per heavy atom. The third-order valence-electron chi connectivity index (χ3n) is 6.41. The average Bonchev–Trinajstić information content (AvgIpc) is 3.59. The van der Waals surface area contributed by atoms with Gasteiger partial charge in [-0.25, -0.2) is 0 Å². The van der Waals surface area contributed by atoms with Crippen LogP contribution in [0, 0.1) is 5.92 Å². The maximum atomic E-state index is 5.55. The van der Waals surface area contributed by atoms with Crippen molar-refractivity contribution >= 4 is 23.0 Å². The first-order chi connectivity index (χ1) is 15.3. The zero-order valence-corrected chi connectivity index (χ0v) is 19.5. The number of para-hydroxylation sites is 2. The van der Waals surface area contributed by atoms with Gasteiger partial charge in [-0.15, -0.1) is 11.3 Å². The van der Waals surface area contributed by atoms with Crippen LogP contribution in [-0.4, -0.2) is 64.3 Å². The Morgan fingerprint density at radius 1 is 1.16 bits per heavy atom. The minimum Gasteiger partial charge on any atom is -0.495 e. The highest BCUT2D eigenvalue weighted by Gasteiger charge is 2.26. The molecule has 2 unspecified atom stereocenters. The maximum absolute atomic E-state index is 5.55. The molecule has 2 aromatic rings. The molecule has 6 nitrogen and oxygen atoms in total. The van der Waals surface area contributed by atoms with E-state index < -0.39 is 0 Å². The lowest BCUT2D eigenvalue weighted by atomic mass is 10.1. The molecule has 0 bridgehead atoms.